The molecule has 1 heterocycles. The molecule has 0 bridgehead atoms. The number of fused-ring (bicyclic) bond motifs is 1. The fourth-order valence-electron chi connectivity index (χ4n) is 1.53. The largest absolute Gasteiger partial charge is 0.253 e. The topological polar surface area (TPSA) is 73.1 Å². The van der Waals surface area contributed by atoms with E-state index in [1.54, 1.807) is 12.1 Å². The molecule has 84 valence electrons. The van der Waals surface area contributed by atoms with Crippen LogP contribution >= 0.6 is 0 Å². The smallest absolute Gasteiger partial charge is 0.238 e. The maximum atomic E-state index is 11.2. The average molecular weight is 236 g/mol. The highest BCUT2D eigenvalue weighted by molar-refractivity contribution is 7.89. The standard InChI is InChI=1S/C11H12N2O2S/c1-7-5-9-6-10(16(12,14)15)3-4-11(9)13-8(7)2/h3-6H,1-2H3,(H2,12,14,15). The van der Waals surface area contributed by atoms with Crippen LogP contribution in [0.3, 0.4) is 0 Å². The predicted octanol–water partition coefficient (Wildman–Crippen LogP) is 1.50. The maximum Gasteiger partial charge on any atom is 0.238 e. The van der Waals surface area contributed by atoms with Gasteiger partial charge in [0.15, 0.2) is 0 Å². The Bertz CT molecular complexity index is 663. The summed E-state index contributed by atoms with van der Waals surface area (Å²) in [6.45, 7) is 3.85. The molecule has 2 N–H and O–H groups in total. The number of pyridine rings is 1. The molecule has 5 heteroatoms. The second-order valence-electron chi connectivity index (χ2n) is 3.79. The summed E-state index contributed by atoms with van der Waals surface area (Å²) in [6.07, 6.45) is 0. The van der Waals surface area contributed by atoms with Gasteiger partial charge in [-0.05, 0) is 43.7 Å². The Hall–Kier alpha value is -1.46. The van der Waals surface area contributed by atoms with Crippen LogP contribution in [0.5, 0.6) is 0 Å². The number of aromatic nitrogens is 1. The Morgan fingerprint density at radius 3 is 2.50 bits per heavy atom. The van der Waals surface area contributed by atoms with E-state index in [9.17, 15) is 8.42 Å². The lowest BCUT2D eigenvalue weighted by Gasteiger charge is -2.04. The van der Waals surface area contributed by atoms with Crippen molar-refractivity contribution >= 4 is 20.9 Å². The molecular weight excluding hydrogens is 224 g/mol. The number of nitrogens with two attached hydrogens (primary N) is 1. The molecular formula is C11H12N2O2S. The Morgan fingerprint density at radius 2 is 1.88 bits per heavy atom. The molecule has 0 saturated heterocycles. The van der Waals surface area contributed by atoms with E-state index < -0.39 is 10.0 Å². The highest BCUT2D eigenvalue weighted by Gasteiger charge is 2.09. The Labute approximate surface area is 94.2 Å². The summed E-state index contributed by atoms with van der Waals surface area (Å²) >= 11 is 0. The molecule has 2 aromatic rings. The Balaban J connectivity index is 2.77. The molecule has 0 aliphatic heterocycles. The number of hydrogen-bond acceptors (Lipinski definition) is 3. The van der Waals surface area contributed by atoms with E-state index >= 15 is 0 Å². The monoisotopic (exact) mass is 236 g/mol. The molecule has 0 amide bonds. The summed E-state index contributed by atoms with van der Waals surface area (Å²) in [6, 6.07) is 6.59. The van der Waals surface area contributed by atoms with Gasteiger partial charge in [-0.1, -0.05) is 0 Å². The zero-order valence-corrected chi connectivity index (χ0v) is 9.88. The number of sulfonamides is 1. The first-order valence-electron chi connectivity index (χ1n) is 4.79. The summed E-state index contributed by atoms with van der Waals surface area (Å²) in [5, 5.41) is 5.85. The second kappa shape index (κ2) is 3.54. The number of benzene rings is 1. The van der Waals surface area contributed by atoms with Gasteiger partial charge in [-0.3, -0.25) is 4.98 Å². The third kappa shape index (κ3) is 1.91. The van der Waals surface area contributed by atoms with Gasteiger partial charge in [0.25, 0.3) is 0 Å². The van der Waals surface area contributed by atoms with Crippen molar-refractivity contribution in [3.63, 3.8) is 0 Å². The maximum absolute atomic E-state index is 11.2. The van der Waals surface area contributed by atoms with Crippen LogP contribution in [0.4, 0.5) is 0 Å². The third-order valence-corrected chi connectivity index (χ3v) is 3.47. The first-order chi connectivity index (χ1) is 7.38. The minimum atomic E-state index is -3.65. The van der Waals surface area contributed by atoms with E-state index in [1.165, 1.54) is 6.07 Å². The van der Waals surface area contributed by atoms with Crippen LogP contribution in [0.25, 0.3) is 10.9 Å². The minimum Gasteiger partial charge on any atom is -0.253 e. The molecule has 4 nitrogen and oxygen atoms in total. The van der Waals surface area contributed by atoms with Crippen LogP contribution in [0.1, 0.15) is 11.3 Å². The van der Waals surface area contributed by atoms with Gasteiger partial charge in [0.05, 0.1) is 10.4 Å². The molecule has 0 spiro atoms. The van der Waals surface area contributed by atoms with Gasteiger partial charge >= 0.3 is 0 Å². The summed E-state index contributed by atoms with van der Waals surface area (Å²) < 4.78 is 22.4. The zero-order chi connectivity index (χ0) is 11.9. The first-order valence-corrected chi connectivity index (χ1v) is 6.33. The molecule has 1 aromatic carbocycles. The number of primary sulfonamides is 1. The molecule has 0 saturated carbocycles. The number of aryl methyl sites for hydroxylation is 2. The van der Waals surface area contributed by atoms with Crippen molar-refractivity contribution in [3.8, 4) is 0 Å². The van der Waals surface area contributed by atoms with Crippen LogP contribution in [0.15, 0.2) is 29.2 Å². The van der Waals surface area contributed by atoms with E-state index in [0.717, 1.165) is 22.2 Å². The quantitative estimate of drug-likeness (QED) is 0.815. The van der Waals surface area contributed by atoms with Gasteiger partial charge in [-0.2, -0.15) is 0 Å². The molecule has 0 unspecified atom stereocenters. The minimum absolute atomic E-state index is 0.116. The van der Waals surface area contributed by atoms with Crippen molar-refractivity contribution in [1.82, 2.24) is 4.98 Å². The molecule has 1 aromatic heterocycles. The van der Waals surface area contributed by atoms with Crippen molar-refractivity contribution in [3.05, 3.63) is 35.5 Å². The summed E-state index contributed by atoms with van der Waals surface area (Å²) in [4.78, 5) is 4.48. The summed E-state index contributed by atoms with van der Waals surface area (Å²) in [7, 11) is -3.65. The fourth-order valence-corrected chi connectivity index (χ4v) is 2.08. The van der Waals surface area contributed by atoms with Crippen molar-refractivity contribution in [2.45, 2.75) is 18.7 Å². The van der Waals surface area contributed by atoms with Crippen molar-refractivity contribution < 1.29 is 8.42 Å². The van der Waals surface area contributed by atoms with E-state index in [-0.39, 0.29) is 4.90 Å². The van der Waals surface area contributed by atoms with Gasteiger partial charge in [-0.15, -0.1) is 0 Å². The Kier molecular flexibility index (Phi) is 2.44. The van der Waals surface area contributed by atoms with E-state index in [2.05, 4.69) is 4.98 Å². The van der Waals surface area contributed by atoms with E-state index in [1.807, 2.05) is 19.9 Å². The van der Waals surface area contributed by atoms with Crippen molar-refractivity contribution in [1.29, 1.82) is 0 Å². The number of rotatable bonds is 1. The lowest BCUT2D eigenvalue weighted by Crippen LogP contribution is -2.11. The number of hydrogen-bond donors (Lipinski definition) is 1. The van der Waals surface area contributed by atoms with Crippen LogP contribution in [-0.2, 0) is 10.0 Å². The van der Waals surface area contributed by atoms with Crippen molar-refractivity contribution in [2.75, 3.05) is 0 Å². The SMILES string of the molecule is Cc1cc2cc(S(N)(=O)=O)ccc2nc1C. The van der Waals surface area contributed by atoms with Gasteiger partial charge in [-0.25, -0.2) is 13.6 Å². The van der Waals surface area contributed by atoms with Gasteiger partial charge < -0.3 is 0 Å². The van der Waals surface area contributed by atoms with Gasteiger partial charge in [0.2, 0.25) is 10.0 Å². The normalized spacial score (nSPS) is 11.9. The highest BCUT2D eigenvalue weighted by atomic mass is 32.2. The first kappa shape index (κ1) is 11.0. The molecule has 0 fully saturated rings. The third-order valence-electron chi connectivity index (χ3n) is 2.56. The van der Waals surface area contributed by atoms with E-state index in [0.29, 0.717) is 0 Å². The molecule has 16 heavy (non-hydrogen) atoms. The molecule has 2 rings (SSSR count). The van der Waals surface area contributed by atoms with Gasteiger partial charge in [0, 0.05) is 11.1 Å². The zero-order valence-electron chi connectivity index (χ0n) is 9.06. The van der Waals surface area contributed by atoms with Crippen LogP contribution < -0.4 is 5.14 Å². The van der Waals surface area contributed by atoms with Crippen LogP contribution in [-0.4, -0.2) is 13.4 Å². The lowest BCUT2D eigenvalue weighted by molar-refractivity contribution is 0.598. The number of nitrogens with zero attached hydrogens (tertiary/aromatic N) is 1. The average Bonchev–Trinajstić information content (AvgIpc) is 2.17. The molecule has 0 aliphatic carbocycles. The molecule has 0 radical (unpaired) electrons. The van der Waals surface area contributed by atoms with Crippen molar-refractivity contribution in [2.24, 2.45) is 5.14 Å². The summed E-state index contributed by atoms with van der Waals surface area (Å²) in [5.74, 6) is 0. The molecule has 0 aliphatic rings. The second-order valence-corrected chi connectivity index (χ2v) is 5.35. The van der Waals surface area contributed by atoms with Gasteiger partial charge in [0.1, 0.15) is 0 Å². The lowest BCUT2D eigenvalue weighted by atomic mass is 10.1. The Morgan fingerprint density at radius 1 is 1.19 bits per heavy atom. The summed E-state index contributed by atoms with van der Waals surface area (Å²) in [5.41, 5.74) is 2.74. The fraction of sp³-hybridized carbons (Fsp3) is 0.182. The van der Waals surface area contributed by atoms with Crippen LogP contribution in [0.2, 0.25) is 0 Å². The molecule has 0 atom stereocenters. The highest BCUT2D eigenvalue weighted by Crippen LogP contribution is 2.19. The van der Waals surface area contributed by atoms with Crippen LogP contribution in [0, 0.1) is 13.8 Å². The predicted molar refractivity (Wildman–Crippen MR) is 62.6 cm³/mol. The van der Waals surface area contributed by atoms with E-state index in [4.69, 9.17) is 5.14 Å².